The molecular weight excluding hydrogens is 202 g/mol. The summed E-state index contributed by atoms with van der Waals surface area (Å²) in [6, 6.07) is 0. The van der Waals surface area contributed by atoms with Gasteiger partial charge in [-0.15, -0.1) is 0 Å². The Kier molecular flexibility index (Phi) is 3.72. The molecule has 2 rings (SSSR count). The summed E-state index contributed by atoms with van der Waals surface area (Å²) in [5.74, 6) is 1.79. The summed E-state index contributed by atoms with van der Waals surface area (Å²) >= 11 is 0. The van der Waals surface area contributed by atoms with Gasteiger partial charge in [-0.2, -0.15) is 0 Å². The molecule has 88 valence electrons. The van der Waals surface area contributed by atoms with E-state index in [1.54, 1.807) is 6.20 Å². The summed E-state index contributed by atoms with van der Waals surface area (Å²) < 4.78 is 2.08. The molecule has 0 atom stereocenters. The van der Waals surface area contributed by atoms with Gasteiger partial charge in [-0.1, -0.05) is 6.92 Å². The van der Waals surface area contributed by atoms with Crippen LogP contribution in [-0.4, -0.2) is 28.4 Å². The van der Waals surface area contributed by atoms with Crippen LogP contribution in [0.3, 0.4) is 0 Å². The number of carbonyl (C=O) groups is 1. The Balaban J connectivity index is 1.86. The third-order valence-corrected chi connectivity index (χ3v) is 3.00. The molecule has 4 nitrogen and oxygen atoms in total. The molecule has 1 aromatic rings. The first kappa shape index (κ1) is 11.3. The Hall–Kier alpha value is -1.16. The lowest BCUT2D eigenvalue weighted by Gasteiger charge is -2.26. The van der Waals surface area contributed by atoms with E-state index in [4.69, 9.17) is 0 Å². The Morgan fingerprint density at radius 3 is 3.06 bits per heavy atom. The zero-order valence-electron chi connectivity index (χ0n) is 9.78. The fraction of sp³-hybridized carbons (Fsp3) is 0.667. The molecule has 0 aromatic carbocycles. The van der Waals surface area contributed by atoms with Gasteiger partial charge in [0.05, 0.1) is 6.42 Å². The van der Waals surface area contributed by atoms with Gasteiger partial charge in [0, 0.05) is 25.4 Å². The fourth-order valence-corrected chi connectivity index (χ4v) is 2.02. The minimum atomic E-state index is 0.315. The van der Waals surface area contributed by atoms with Gasteiger partial charge in [-0.3, -0.25) is 4.79 Å². The summed E-state index contributed by atoms with van der Waals surface area (Å²) in [4.78, 5) is 16.0. The van der Waals surface area contributed by atoms with Crippen molar-refractivity contribution in [3.63, 3.8) is 0 Å². The van der Waals surface area contributed by atoms with Crippen LogP contribution in [0, 0.1) is 5.92 Å². The van der Waals surface area contributed by atoms with Crippen LogP contribution in [0.5, 0.6) is 0 Å². The SMILES string of the molecule is CCCn1ccnc1CC(=O)CC1CNC1. The van der Waals surface area contributed by atoms with Crippen molar-refractivity contribution in [3.8, 4) is 0 Å². The number of carbonyl (C=O) groups excluding carboxylic acids is 1. The van der Waals surface area contributed by atoms with Gasteiger partial charge in [0.1, 0.15) is 11.6 Å². The molecule has 0 saturated carbocycles. The zero-order valence-corrected chi connectivity index (χ0v) is 9.78. The van der Waals surface area contributed by atoms with Crippen molar-refractivity contribution in [3.05, 3.63) is 18.2 Å². The predicted octanol–water partition coefficient (Wildman–Crippen LogP) is 1.01. The first-order chi connectivity index (χ1) is 7.79. The van der Waals surface area contributed by atoms with Crippen LogP contribution >= 0.6 is 0 Å². The number of nitrogens with one attached hydrogen (secondary N) is 1. The van der Waals surface area contributed by atoms with E-state index in [2.05, 4.69) is 21.8 Å². The highest BCUT2D eigenvalue weighted by atomic mass is 16.1. The molecule has 1 aromatic heterocycles. The highest BCUT2D eigenvalue weighted by Crippen LogP contribution is 2.11. The number of rotatable bonds is 6. The molecule has 4 heteroatoms. The average Bonchev–Trinajstić information content (AvgIpc) is 2.60. The quantitative estimate of drug-likeness (QED) is 0.780. The van der Waals surface area contributed by atoms with E-state index >= 15 is 0 Å². The van der Waals surface area contributed by atoms with E-state index in [1.165, 1.54) is 0 Å². The Bertz CT molecular complexity index is 355. The zero-order chi connectivity index (χ0) is 11.4. The van der Waals surface area contributed by atoms with Gasteiger partial charge in [-0.05, 0) is 25.4 Å². The molecule has 1 saturated heterocycles. The summed E-state index contributed by atoms with van der Waals surface area (Å²) in [7, 11) is 0. The minimum Gasteiger partial charge on any atom is -0.335 e. The Morgan fingerprint density at radius 2 is 2.44 bits per heavy atom. The van der Waals surface area contributed by atoms with Crippen LogP contribution in [0.2, 0.25) is 0 Å². The smallest absolute Gasteiger partial charge is 0.140 e. The van der Waals surface area contributed by atoms with E-state index in [0.717, 1.165) is 31.9 Å². The number of hydrogen-bond donors (Lipinski definition) is 1. The third-order valence-electron chi connectivity index (χ3n) is 3.00. The molecule has 16 heavy (non-hydrogen) atoms. The second-order valence-electron chi connectivity index (χ2n) is 4.48. The summed E-state index contributed by atoms with van der Waals surface area (Å²) in [6.45, 7) is 5.07. The number of aryl methyl sites for hydroxylation is 1. The Labute approximate surface area is 96.1 Å². The van der Waals surface area contributed by atoms with Crippen molar-refractivity contribution in [2.24, 2.45) is 5.92 Å². The standard InChI is InChI=1S/C12H19N3O/c1-2-4-15-5-3-14-12(15)7-11(16)6-10-8-13-9-10/h3,5,10,13H,2,4,6-9H2,1H3. The number of imidazole rings is 1. The monoisotopic (exact) mass is 221 g/mol. The highest BCUT2D eigenvalue weighted by molar-refractivity contribution is 5.80. The summed E-state index contributed by atoms with van der Waals surface area (Å²) in [5.41, 5.74) is 0. The van der Waals surface area contributed by atoms with E-state index < -0.39 is 0 Å². The van der Waals surface area contributed by atoms with Crippen molar-refractivity contribution >= 4 is 5.78 Å². The van der Waals surface area contributed by atoms with E-state index in [9.17, 15) is 4.79 Å². The minimum absolute atomic E-state index is 0.315. The Morgan fingerprint density at radius 1 is 1.62 bits per heavy atom. The maximum Gasteiger partial charge on any atom is 0.140 e. The van der Waals surface area contributed by atoms with E-state index in [0.29, 0.717) is 24.5 Å². The molecule has 1 fully saturated rings. The highest BCUT2D eigenvalue weighted by Gasteiger charge is 2.20. The number of Topliss-reactive ketones (excluding diaryl/α,β-unsaturated/α-hetero) is 1. The van der Waals surface area contributed by atoms with Gasteiger partial charge in [-0.25, -0.2) is 4.98 Å². The molecule has 1 aliphatic heterocycles. The van der Waals surface area contributed by atoms with Gasteiger partial charge < -0.3 is 9.88 Å². The lowest BCUT2D eigenvalue weighted by molar-refractivity contribution is -0.119. The van der Waals surface area contributed by atoms with Crippen molar-refractivity contribution in [2.45, 2.75) is 32.7 Å². The number of hydrogen-bond acceptors (Lipinski definition) is 3. The van der Waals surface area contributed by atoms with E-state index in [1.807, 2.05) is 6.20 Å². The normalized spacial score (nSPS) is 16.1. The third kappa shape index (κ3) is 2.70. The van der Waals surface area contributed by atoms with Crippen LogP contribution < -0.4 is 5.32 Å². The maximum atomic E-state index is 11.8. The van der Waals surface area contributed by atoms with Crippen LogP contribution in [0.25, 0.3) is 0 Å². The topological polar surface area (TPSA) is 46.9 Å². The van der Waals surface area contributed by atoms with Crippen LogP contribution in [-0.2, 0) is 17.8 Å². The number of nitrogens with zero attached hydrogens (tertiary/aromatic N) is 2. The lowest BCUT2D eigenvalue weighted by atomic mass is 9.95. The van der Waals surface area contributed by atoms with Crippen molar-refractivity contribution in [1.82, 2.24) is 14.9 Å². The molecule has 0 radical (unpaired) electrons. The van der Waals surface area contributed by atoms with Gasteiger partial charge in [0.25, 0.3) is 0 Å². The molecule has 1 aliphatic rings. The summed E-state index contributed by atoms with van der Waals surface area (Å²) in [6.07, 6.45) is 6.00. The lowest BCUT2D eigenvalue weighted by Crippen LogP contribution is -2.43. The van der Waals surface area contributed by atoms with Gasteiger partial charge >= 0.3 is 0 Å². The molecule has 0 unspecified atom stereocenters. The van der Waals surface area contributed by atoms with Crippen molar-refractivity contribution < 1.29 is 4.79 Å². The fourth-order valence-electron chi connectivity index (χ4n) is 2.02. The number of aromatic nitrogens is 2. The van der Waals surface area contributed by atoms with Crippen LogP contribution in [0.4, 0.5) is 0 Å². The summed E-state index contributed by atoms with van der Waals surface area (Å²) in [5, 5.41) is 3.18. The molecule has 2 heterocycles. The molecule has 0 aliphatic carbocycles. The van der Waals surface area contributed by atoms with Gasteiger partial charge in [0.15, 0.2) is 0 Å². The van der Waals surface area contributed by atoms with Crippen molar-refractivity contribution in [1.29, 1.82) is 0 Å². The number of ketones is 1. The maximum absolute atomic E-state index is 11.8. The molecule has 1 N–H and O–H groups in total. The first-order valence-corrected chi connectivity index (χ1v) is 6.02. The average molecular weight is 221 g/mol. The largest absolute Gasteiger partial charge is 0.335 e. The predicted molar refractivity (Wildman–Crippen MR) is 62.2 cm³/mol. The molecule has 0 amide bonds. The van der Waals surface area contributed by atoms with Crippen molar-refractivity contribution in [2.75, 3.05) is 13.1 Å². The van der Waals surface area contributed by atoms with Gasteiger partial charge in [0.2, 0.25) is 0 Å². The first-order valence-electron chi connectivity index (χ1n) is 6.02. The van der Waals surface area contributed by atoms with E-state index in [-0.39, 0.29) is 0 Å². The van der Waals surface area contributed by atoms with Crippen LogP contribution in [0.1, 0.15) is 25.6 Å². The second-order valence-corrected chi connectivity index (χ2v) is 4.48. The van der Waals surface area contributed by atoms with Crippen LogP contribution in [0.15, 0.2) is 12.4 Å². The molecule has 0 spiro atoms. The second kappa shape index (κ2) is 5.25. The molecule has 0 bridgehead atoms. The molecular formula is C12H19N3O.